The van der Waals surface area contributed by atoms with E-state index in [9.17, 15) is 5.11 Å². The molecule has 6 heteroatoms. The van der Waals surface area contributed by atoms with Crippen LogP contribution in [0.4, 0.5) is 0 Å². The van der Waals surface area contributed by atoms with Crippen LogP contribution < -0.4 is 4.74 Å². The molecule has 0 aliphatic carbocycles. The van der Waals surface area contributed by atoms with Crippen LogP contribution in [0.25, 0.3) is 11.5 Å². The topological polar surface area (TPSA) is 68.4 Å². The van der Waals surface area contributed by atoms with Crippen molar-refractivity contribution in [3.05, 3.63) is 65.5 Å². The predicted octanol–water partition coefficient (Wildman–Crippen LogP) is 3.50. The van der Waals surface area contributed by atoms with E-state index in [4.69, 9.17) is 20.8 Å². The van der Waals surface area contributed by atoms with Crippen molar-refractivity contribution in [2.45, 2.75) is 6.10 Å². The standard InChI is InChI=1S/C16H13ClN2O3/c17-13-3-1-2-12(8-13)15(20)9-21-14-6-4-11(5-7-14)16-19-18-10-22-16/h1-8,10,15,20H,9H2. The number of hydrogen-bond donors (Lipinski definition) is 1. The third-order valence-electron chi connectivity index (χ3n) is 3.10. The lowest BCUT2D eigenvalue weighted by Crippen LogP contribution is -2.09. The molecule has 0 saturated heterocycles. The number of rotatable bonds is 5. The largest absolute Gasteiger partial charge is 0.491 e. The normalized spacial score (nSPS) is 12.1. The maximum atomic E-state index is 10.1. The van der Waals surface area contributed by atoms with E-state index in [0.717, 1.165) is 11.1 Å². The SMILES string of the molecule is OC(COc1ccc(-c2nnco2)cc1)c1cccc(Cl)c1. The Kier molecular flexibility index (Phi) is 4.37. The van der Waals surface area contributed by atoms with E-state index in [1.54, 1.807) is 36.4 Å². The number of aromatic nitrogens is 2. The van der Waals surface area contributed by atoms with Gasteiger partial charge in [-0.1, -0.05) is 23.7 Å². The van der Waals surface area contributed by atoms with Crippen LogP contribution in [0.5, 0.6) is 5.75 Å². The minimum Gasteiger partial charge on any atom is -0.491 e. The van der Waals surface area contributed by atoms with Gasteiger partial charge in [0.2, 0.25) is 12.3 Å². The van der Waals surface area contributed by atoms with Crippen molar-refractivity contribution in [3.63, 3.8) is 0 Å². The molecular formula is C16H13ClN2O3. The Balaban J connectivity index is 1.62. The molecule has 0 aliphatic rings. The van der Waals surface area contributed by atoms with Gasteiger partial charge in [0.15, 0.2) is 0 Å². The van der Waals surface area contributed by atoms with E-state index < -0.39 is 6.10 Å². The Labute approximate surface area is 132 Å². The second-order valence-electron chi connectivity index (χ2n) is 4.65. The van der Waals surface area contributed by atoms with E-state index in [1.807, 2.05) is 12.1 Å². The average molecular weight is 317 g/mol. The molecule has 1 unspecified atom stereocenters. The zero-order chi connectivity index (χ0) is 15.4. The van der Waals surface area contributed by atoms with Gasteiger partial charge in [0.25, 0.3) is 0 Å². The van der Waals surface area contributed by atoms with Crippen LogP contribution >= 0.6 is 11.6 Å². The highest BCUT2D eigenvalue weighted by Gasteiger charge is 2.09. The van der Waals surface area contributed by atoms with Gasteiger partial charge < -0.3 is 14.3 Å². The summed E-state index contributed by atoms with van der Waals surface area (Å²) in [5, 5.41) is 18.1. The van der Waals surface area contributed by atoms with E-state index >= 15 is 0 Å². The number of halogens is 1. The second kappa shape index (κ2) is 6.60. The monoisotopic (exact) mass is 316 g/mol. The molecule has 0 amide bonds. The van der Waals surface area contributed by atoms with Gasteiger partial charge in [-0.15, -0.1) is 10.2 Å². The van der Waals surface area contributed by atoms with Gasteiger partial charge in [0, 0.05) is 10.6 Å². The summed E-state index contributed by atoms with van der Waals surface area (Å²) in [5.41, 5.74) is 1.52. The van der Waals surface area contributed by atoms with Gasteiger partial charge >= 0.3 is 0 Å². The van der Waals surface area contributed by atoms with Crippen LogP contribution in [0.15, 0.2) is 59.3 Å². The summed E-state index contributed by atoms with van der Waals surface area (Å²) in [6.07, 6.45) is 0.537. The van der Waals surface area contributed by atoms with Crippen molar-refractivity contribution < 1.29 is 14.3 Å². The maximum absolute atomic E-state index is 10.1. The summed E-state index contributed by atoms with van der Waals surface area (Å²) in [7, 11) is 0. The number of hydrogen-bond acceptors (Lipinski definition) is 5. The van der Waals surface area contributed by atoms with Crippen LogP contribution in [0.1, 0.15) is 11.7 Å². The molecule has 0 saturated carbocycles. The quantitative estimate of drug-likeness (QED) is 0.780. The lowest BCUT2D eigenvalue weighted by molar-refractivity contribution is 0.108. The fourth-order valence-electron chi connectivity index (χ4n) is 1.98. The van der Waals surface area contributed by atoms with Gasteiger partial charge in [-0.25, -0.2) is 0 Å². The Bertz CT molecular complexity index is 729. The number of nitrogens with zero attached hydrogens (tertiary/aromatic N) is 2. The zero-order valence-electron chi connectivity index (χ0n) is 11.5. The van der Waals surface area contributed by atoms with Gasteiger partial charge in [-0.05, 0) is 42.0 Å². The van der Waals surface area contributed by atoms with Crippen molar-refractivity contribution in [1.82, 2.24) is 10.2 Å². The summed E-state index contributed by atoms with van der Waals surface area (Å²) in [6.45, 7) is 0.139. The number of aliphatic hydroxyl groups excluding tert-OH is 1. The molecule has 22 heavy (non-hydrogen) atoms. The molecule has 1 N–H and O–H groups in total. The van der Waals surface area contributed by atoms with E-state index in [2.05, 4.69) is 10.2 Å². The molecule has 0 aliphatic heterocycles. The van der Waals surface area contributed by atoms with Crippen LogP contribution in [-0.4, -0.2) is 21.9 Å². The van der Waals surface area contributed by atoms with Gasteiger partial charge in [-0.3, -0.25) is 0 Å². The third kappa shape index (κ3) is 3.44. The molecule has 5 nitrogen and oxygen atoms in total. The van der Waals surface area contributed by atoms with Crippen molar-refractivity contribution in [1.29, 1.82) is 0 Å². The molecule has 1 aromatic heterocycles. The highest BCUT2D eigenvalue weighted by molar-refractivity contribution is 6.30. The summed E-state index contributed by atoms with van der Waals surface area (Å²) < 4.78 is 10.7. The van der Waals surface area contributed by atoms with Crippen LogP contribution in [0.2, 0.25) is 5.02 Å². The Hall–Kier alpha value is -2.37. The molecule has 3 aromatic rings. The first-order valence-corrected chi connectivity index (χ1v) is 7.03. The Morgan fingerprint density at radius 1 is 1.18 bits per heavy atom. The number of benzene rings is 2. The van der Waals surface area contributed by atoms with Crippen molar-refractivity contribution >= 4 is 11.6 Å². The Morgan fingerprint density at radius 2 is 2.00 bits per heavy atom. The average Bonchev–Trinajstić information content (AvgIpc) is 3.07. The molecule has 0 radical (unpaired) electrons. The fraction of sp³-hybridized carbons (Fsp3) is 0.125. The third-order valence-corrected chi connectivity index (χ3v) is 3.34. The molecule has 1 atom stereocenters. The summed E-state index contributed by atoms with van der Waals surface area (Å²) in [6, 6.07) is 14.3. The molecule has 112 valence electrons. The second-order valence-corrected chi connectivity index (χ2v) is 5.09. The first-order chi connectivity index (χ1) is 10.7. The van der Waals surface area contributed by atoms with Crippen LogP contribution in [-0.2, 0) is 0 Å². The predicted molar refractivity (Wildman–Crippen MR) is 81.6 cm³/mol. The van der Waals surface area contributed by atoms with E-state index in [1.165, 1.54) is 6.39 Å². The molecular weight excluding hydrogens is 304 g/mol. The Morgan fingerprint density at radius 3 is 2.68 bits per heavy atom. The molecule has 2 aromatic carbocycles. The number of ether oxygens (including phenoxy) is 1. The highest BCUT2D eigenvalue weighted by atomic mass is 35.5. The summed E-state index contributed by atoms with van der Waals surface area (Å²) in [4.78, 5) is 0. The summed E-state index contributed by atoms with van der Waals surface area (Å²) in [5.74, 6) is 1.09. The van der Waals surface area contributed by atoms with Crippen molar-refractivity contribution in [3.8, 4) is 17.2 Å². The van der Waals surface area contributed by atoms with E-state index in [0.29, 0.717) is 16.7 Å². The maximum Gasteiger partial charge on any atom is 0.247 e. The smallest absolute Gasteiger partial charge is 0.247 e. The molecule has 0 fully saturated rings. The van der Waals surface area contributed by atoms with Gasteiger partial charge in [-0.2, -0.15) is 0 Å². The lowest BCUT2D eigenvalue weighted by atomic mass is 10.1. The minimum absolute atomic E-state index is 0.139. The van der Waals surface area contributed by atoms with Gasteiger partial charge in [0.1, 0.15) is 18.5 Å². The highest BCUT2D eigenvalue weighted by Crippen LogP contribution is 2.22. The fourth-order valence-corrected chi connectivity index (χ4v) is 2.18. The molecule has 0 bridgehead atoms. The summed E-state index contributed by atoms with van der Waals surface area (Å²) >= 11 is 5.90. The molecule has 3 rings (SSSR count). The van der Waals surface area contributed by atoms with Crippen LogP contribution in [0, 0.1) is 0 Å². The first-order valence-electron chi connectivity index (χ1n) is 6.65. The zero-order valence-corrected chi connectivity index (χ0v) is 12.3. The van der Waals surface area contributed by atoms with Crippen molar-refractivity contribution in [2.75, 3.05) is 6.61 Å². The number of aliphatic hydroxyl groups is 1. The van der Waals surface area contributed by atoms with Gasteiger partial charge in [0.05, 0.1) is 0 Å². The minimum atomic E-state index is -0.741. The van der Waals surface area contributed by atoms with E-state index in [-0.39, 0.29) is 6.61 Å². The van der Waals surface area contributed by atoms with Crippen LogP contribution in [0.3, 0.4) is 0 Å². The molecule has 1 heterocycles. The molecule has 0 spiro atoms. The van der Waals surface area contributed by atoms with Crippen molar-refractivity contribution in [2.24, 2.45) is 0 Å². The first kappa shape index (κ1) is 14.6. The lowest BCUT2D eigenvalue weighted by Gasteiger charge is -2.13.